The monoisotopic (exact) mass is 437 g/mol. The van der Waals surface area contributed by atoms with Gasteiger partial charge in [-0.25, -0.2) is 4.39 Å². The minimum Gasteiger partial charge on any atom is -0.507 e. The fourth-order valence-electron chi connectivity index (χ4n) is 4.43. The molecule has 2 unspecified atom stereocenters. The van der Waals surface area contributed by atoms with E-state index in [9.17, 15) is 19.1 Å². The van der Waals surface area contributed by atoms with Gasteiger partial charge >= 0.3 is 0 Å². The number of carbonyl (C=O) groups is 2. The van der Waals surface area contributed by atoms with Gasteiger partial charge in [0.05, 0.1) is 17.7 Å². The standard InChI is InChI=1S/C26H28FNO4/c1-15(2)17-6-8-18(9-7-17)23-22(24(29)19-10-11-21(27)16(3)13-19)25(30)26(31)28(23)14-20-5-4-12-32-20/h6-11,13,15,20,23,29H,4-5,12,14H2,1-3H3/b24-22-. The first kappa shape index (κ1) is 22.2. The lowest BCUT2D eigenvalue weighted by atomic mass is 9.93. The van der Waals surface area contributed by atoms with Crippen LogP contribution < -0.4 is 0 Å². The summed E-state index contributed by atoms with van der Waals surface area (Å²) in [5.74, 6) is -1.75. The van der Waals surface area contributed by atoms with E-state index in [2.05, 4.69) is 13.8 Å². The third kappa shape index (κ3) is 4.07. The summed E-state index contributed by atoms with van der Waals surface area (Å²) in [4.78, 5) is 27.6. The Morgan fingerprint density at radius 3 is 2.50 bits per heavy atom. The van der Waals surface area contributed by atoms with Gasteiger partial charge in [0.2, 0.25) is 0 Å². The van der Waals surface area contributed by atoms with Crippen molar-refractivity contribution in [2.24, 2.45) is 0 Å². The number of ether oxygens (including phenoxy) is 1. The second-order valence-electron chi connectivity index (χ2n) is 8.87. The minimum absolute atomic E-state index is 0.0244. The van der Waals surface area contributed by atoms with E-state index < -0.39 is 23.5 Å². The maximum Gasteiger partial charge on any atom is 0.295 e. The second-order valence-corrected chi connectivity index (χ2v) is 8.87. The summed E-state index contributed by atoms with van der Waals surface area (Å²) in [6.07, 6.45) is 1.59. The molecular formula is C26H28FNO4. The van der Waals surface area contributed by atoms with Gasteiger partial charge in [-0.05, 0) is 60.6 Å². The molecule has 0 radical (unpaired) electrons. The molecule has 2 atom stereocenters. The number of nitrogens with zero attached hydrogens (tertiary/aromatic N) is 1. The van der Waals surface area contributed by atoms with Crippen molar-refractivity contribution in [3.05, 3.63) is 76.1 Å². The van der Waals surface area contributed by atoms with Crippen molar-refractivity contribution in [2.75, 3.05) is 13.2 Å². The van der Waals surface area contributed by atoms with Crippen LogP contribution in [-0.2, 0) is 14.3 Å². The Morgan fingerprint density at radius 1 is 1.19 bits per heavy atom. The fraction of sp³-hybridized carbons (Fsp3) is 0.385. The van der Waals surface area contributed by atoms with Crippen molar-refractivity contribution >= 4 is 17.4 Å². The molecule has 2 aliphatic heterocycles. The van der Waals surface area contributed by atoms with Crippen molar-refractivity contribution in [1.29, 1.82) is 0 Å². The predicted octanol–water partition coefficient (Wildman–Crippen LogP) is 4.86. The van der Waals surface area contributed by atoms with E-state index in [0.29, 0.717) is 23.7 Å². The summed E-state index contributed by atoms with van der Waals surface area (Å²) in [5.41, 5.74) is 2.56. The molecule has 6 heteroatoms. The van der Waals surface area contributed by atoms with Crippen molar-refractivity contribution in [1.82, 2.24) is 4.90 Å². The Balaban J connectivity index is 1.82. The Kier molecular flexibility index (Phi) is 6.15. The number of likely N-dealkylation sites (tertiary alicyclic amines) is 1. The highest BCUT2D eigenvalue weighted by molar-refractivity contribution is 6.46. The number of hydrogen-bond donors (Lipinski definition) is 1. The fourth-order valence-corrected chi connectivity index (χ4v) is 4.43. The molecule has 1 N–H and O–H groups in total. The third-order valence-corrected chi connectivity index (χ3v) is 6.31. The van der Waals surface area contributed by atoms with Crippen molar-refractivity contribution in [2.45, 2.75) is 51.7 Å². The summed E-state index contributed by atoms with van der Waals surface area (Å²) < 4.78 is 19.5. The van der Waals surface area contributed by atoms with Gasteiger partial charge in [0, 0.05) is 18.7 Å². The molecule has 32 heavy (non-hydrogen) atoms. The zero-order valence-corrected chi connectivity index (χ0v) is 18.6. The number of halogens is 1. The van der Waals surface area contributed by atoms with E-state index in [1.807, 2.05) is 24.3 Å². The molecule has 168 valence electrons. The first-order valence-corrected chi connectivity index (χ1v) is 11.0. The largest absolute Gasteiger partial charge is 0.507 e. The van der Waals surface area contributed by atoms with E-state index in [0.717, 1.165) is 24.0 Å². The summed E-state index contributed by atoms with van der Waals surface area (Å²) in [5, 5.41) is 11.1. The minimum atomic E-state index is -0.736. The number of rotatable bonds is 5. The van der Waals surface area contributed by atoms with Gasteiger partial charge in [0.25, 0.3) is 11.7 Å². The zero-order chi connectivity index (χ0) is 23.0. The first-order chi connectivity index (χ1) is 15.3. The highest BCUT2D eigenvalue weighted by Crippen LogP contribution is 2.40. The Hall–Kier alpha value is -2.99. The Bertz CT molecular complexity index is 1070. The number of amides is 1. The summed E-state index contributed by atoms with van der Waals surface area (Å²) in [7, 11) is 0. The lowest BCUT2D eigenvalue weighted by Crippen LogP contribution is -2.36. The number of Topliss-reactive ketones (excluding diaryl/α,β-unsaturated/α-hetero) is 1. The molecule has 0 aromatic heterocycles. The molecule has 2 aromatic carbocycles. The molecule has 2 heterocycles. The SMILES string of the molecule is Cc1cc(/C(O)=C2/C(=O)C(=O)N(CC3CCCO3)C2c2ccc(C(C)C)cc2)ccc1F. The smallest absolute Gasteiger partial charge is 0.295 e. The molecule has 1 amide bonds. The van der Waals surface area contributed by atoms with Crippen molar-refractivity contribution in [3.8, 4) is 0 Å². The van der Waals surface area contributed by atoms with Crippen LogP contribution in [0.25, 0.3) is 5.76 Å². The Morgan fingerprint density at radius 2 is 1.91 bits per heavy atom. The summed E-state index contributed by atoms with van der Waals surface area (Å²) in [6, 6.07) is 11.2. The number of aliphatic hydroxyl groups excluding tert-OH is 1. The van der Waals surface area contributed by atoms with Gasteiger partial charge in [-0.15, -0.1) is 0 Å². The number of benzene rings is 2. The molecule has 4 rings (SSSR count). The van der Waals surface area contributed by atoms with Crippen LogP contribution >= 0.6 is 0 Å². The van der Waals surface area contributed by atoms with Crippen LogP contribution in [-0.4, -0.2) is 41.0 Å². The van der Waals surface area contributed by atoms with E-state index >= 15 is 0 Å². The van der Waals surface area contributed by atoms with Crippen LogP contribution in [0.4, 0.5) is 4.39 Å². The molecule has 0 spiro atoms. The van der Waals surface area contributed by atoms with Gasteiger partial charge in [-0.2, -0.15) is 0 Å². The van der Waals surface area contributed by atoms with Gasteiger partial charge in [0.1, 0.15) is 11.6 Å². The van der Waals surface area contributed by atoms with Crippen molar-refractivity contribution in [3.63, 3.8) is 0 Å². The average Bonchev–Trinajstić information content (AvgIpc) is 3.37. The van der Waals surface area contributed by atoms with E-state index in [4.69, 9.17) is 4.74 Å². The van der Waals surface area contributed by atoms with Crippen LogP contribution in [0.3, 0.4) is 0 Å². The lowest BCUT2D eigenvalue weighted by Gasteiger charge is -2.27. The van der Waals surface area contributed by atoms with Crippen LogP contribution in [0, 0.1) is 12.7 Å². The number of aliphatic hydroxyl groups is 1. The number of carbonyl (C=O) groups excluding carboxylic acids is 2. The molecule has 0 aliphatic carbocycles. The Labute approximate surface area is 187 Å². The van der Waals surface area contributed by atoms with Gasteiger partial charge in [-0.3, -0.25) is 9.59 Å². The zero-order valence-electron chi connectivity index (χ0n) is 18.6. The second kappa shape index (κ2) is 8.87. The molecule has 0 bridgehead atoms. The lowest BCUT2D eigenvalue weighted by molar-refractivity contribution is -0.140. The van der Waals surface area contributed by atoms with Crippen LogP contribution in [0.15, 0.2) is 48.0 Å². The number of hydrogen-bond acceptors (Lipinski definition) is 4. The molecule has 2 aliphatic rings. The summed E-state index contributed by atoms with van der Waals surface area (Å²) in [6.45, 7) is 6.69. The van der Waals surface area contributed by atoms with Gasteiger partial charge < -0.3 is 14.7 Å². The number of ketones is 1. The predicted molar refractivity (Wildman–Crippen MR) is 120 cm³/mol. The average molecular weight is 438 g/mol. The topological polar surface area (TPSA) is 66.8 Å². The third-order valence-electron chi connectivity index (χ3n) is 6.31. The van der Waals surface area contributed by atoms with E-state index in [1.165, 1.54) is 23.1 Å². The molecule has 2 aromatic rings. The molecule has 0 saturated carbocycles. The molecule has 5 nitrogen and oxygen atoms in total. The maximum absolute atomic E-state index is 13.8. The maximum atomic E-state index is 13.8. The van der Waals surface area contributed by atoms with Crippen LogP contribution in [0.5, 0.6) is 0 Å². The highest BCUT2D eigenvalue weighted by atomic mass is 19.1. The first-order valence-electron chi connectivity index (χ1n) is 11.0. The molecule has 2 saturated heterocycles. The van der Waals surface area contributed by atoms with Crippen molar-refractivity contribution < 1.29 is 23.8 Å². The highest BCUT2D eigenvalue weighted by Gasteiger charge is 2.47. The number of aryl methyl sites for hydroxylation is 1. The van der Waals surface area contributed by atoms with E-state index in [-0.39, 0.29) is 24.0 Å². The van der Waals surface area contributed by atoms with Crippen LogP contribution in [0.2, 0.25) is 0 Å². The molecule has 2 fully saturated rings. The van der Waals surface area contributed by atoms with Crippen LogP contribution in [0.1, 0.15) is 60.9 Å². The summed E-state index contributed by atoms with van der Waals surface area (Å²) >= 11 is 0. The quantitative estimate of drug-likeness (QED) is 0.412. The van der Waals surface area contributed by atoms with E-state index in [1.54, 1.807) is 6.92 Å². The normalized spacial score (nSPS) is 22.8. The van der Waals surface area contributed by atoms with Gasteiger partial charge in [0.15, 0.2) is 0 Å². The van der Waals surface area contributed by atoms with Gasteiger partial charge in [-0.1, -0.05) is 38.1 Å². The molecular weight excluding hydrogens is 409 g/mol.